The molecule has 12 nitrogen and oxygen atoms in total. The predicted octanol–water partition coefficient (Wildman–Crippen LogP) is 0.475. The number of benzene rings is 2. The number of phenolic OH excluding ortho intramolecular Hbond substituents is 1. The molecule has 0 bridgehead atoms. The van der Waals surface area contributed by atoms with Crippen molar-refractivity contribution >= 4 is 34.7 Å². The van der Waals surface area contributed by atoms with E-state index in [2.05, 4.69) is 22.3 Å². The topological polar surface area (TPSA) is 191 Å². The second kappa shape index (κ2) is 11.7. The highest BCUT2D eigenvalue weighted by atomic mass is 16.3. The fourth-order valence-corrected chi connectivity index (χ4v) is 8.40. The number of likely N-dealkylation sites (tertiary alicyclic amines) is 1. The Morgan fingerprint density at radius 1 is 1.04 bits per heavy atom. The molecule has 1 amide bonds. The lowest BCUT2D eigenvalue weighted by atomic mass is 9.49. The molecule has 2 saturated carbocycles. The van der Waals surface area contributed by atoms with Gasteiger partial charge in [-0.3, -0.25) is 33.8 Å². The van der Waals surface area contributed by atoms with Crippen molar-refractivity contribution < 1.29 is 39.3 Å². The molecule has 2 aromatic carbocycles. The number of nitrogens with two attached hydrogens (primary N) is 1. The van der Waals surface area contributed by atoms with Gasteiger partial charge in [0.05, 0.1) is 35.2 Å². The third kappa shape index (κ3) is 4.77. The predicted molar refractivity (Wildman–Crippen MR) is 166 cm³/mol. The lowest BCUT2D eigenvalue weighted by Gasteiger charge is -2.56. The van der Waals surface area contributed by atoms with Crippen LogP contribution in [0.3, 0.4) is 0 Å². The van der Waals surface area contributed by atoms with Crippen LogP contribution < -0.4 is 11.1 Å². The highest BCUT2D eigenvalue weighted by molar-refractivity contribution is 6.32. The summed E-state index contributed by atoms with van der Waals surface area (Å²) in [6, 6.07) is 12.2. The summed E-state index contributed by atoms with van der Waals surface area (Å²) in [6.45, 7) is 4.20. The molecule has 46 heavy (non-hydrogen) atoms. The molecule has 244 valence electrons. The number of amides is 1. The number of aliphatic hydroxyl groups excluding tert-OH is 1. The zero-order chi connectivity index (χ0) is 33.2. The highest BCUT2D eigenvalue weighted by Gasteiger charge is 2.72. The molecule has 0 spiro atoms. The summed E-state index contributed by atoms with van der Waals surface area (Å²) in [6.07, 6.45) is -0.0614. The number of nitrogens with zero attached hydrogens (tertiary/aromatic N) is 2. The lowest BCUT2D eigenvalue weighted by Crippen LogP contribution is -2.77. The first kappa shape index (κ1) is 32.0. The Morgan fingerprint density at radius 3 is 2.30 bits per heavy atom. The lowest BCUT2D eigenvalue weighted by molar-refractivity contribution is -0.196. The van der Waals surface area contributed by atoms with E-state index in [9.17, 15) is 39.3 Å². The SMILES string of the molecule is C[C@@H]1c2ccc(NC3CCN(Cc4ccccc4)CC3)c(O)c2C(=O)C2C(=O)[C@@]3(O)C(=O)C(C(N)=O)C(=O)[C@H](N(C)C)[C@H]3[C@H](O)[C@H]21. The van der Waals surface area contributed by atoms with Crippen molar-refractivity contribution in [3.8, 4) is 5.75 Å². The van der Waals surface area contributed by atoms with E-state index in [4.69, 9.17) is 5.73 Å². The molecule has 6 N–H and O–H groups in total. The number of hydrogen-bond donors (Lipinski definition) is 5. The zero-order valence-electron chi connectivity index (χ0n) is 26.1. The third-order valence-electron chi connectivity index (χ3n) is 10.7. The van der Waals surface area contributed by atoms with Crippen molar-refractivity contribution in [2.45, 2.75) is 56.0 Å². The Labute approximate surface area is 266 Å². The maximum Gasteiger partial charge on any atom is 0.235 e. The van der Waals surface area contributed by atoms with Gasteiger partial charge in [-0.25, -0.2) is 0 Å². The number of nitrogens with one attached hydrogen (secondary N) is 1. The van der Waals surface area contributed by atoms with Crippen LogP contribution in [0.25, 0.3) is 0 Å². The summed E-state index contributed by atoms with van der Waals surface area (Å²) in [5, 5.41) is 38.4. The Kier molecular flexibility index (Phi) is 8.12. The fraction of sp³-hybridized carbons (Fsp3) is 0.500. The molecule has 6 rings (SSSR count). The van der Waals surface area contributed by atoms with E-state index in [1.165, 1.54) is 24.6 Å². The van der Waals surface area contributed by atoms with Crippen LogP contribution in [0, 0.1) is 23.7 Å². The molecular weight excluding hydrogens is 592 g/mol. The van der Waals surface area contributed by atoms with Crippen LogP contribution in [-0.4, -0.2) is 105 Å². The van der Waals surface area contributed by atoms with Gasteiger partial charge >= 0.3 is 0 Å². The molecule has 2 unspecified atom stereocenters. The molecule has 3 fully saturated rings. The largest absolute Gasteiger partial charge is 0.505 e. The number of rotatable bonds is 6. The second-order valence-corrected chi connectivity index (χ2v) is 13.5. The minimum atomic E-state index is -3.02. The minimum Gasteiger partial charge on any atom is -0.505 e. The number of aromatic hydroxyl groups is 1. The standard InChI is InChI=1S/C34H40N4O8/c1-16-19-9-10-20(36-18-11-13-38(14-12-18)15-17-7-5-4-6-8-17)27(39)22(19)28(40)23-21(16)29(41)25-26(37(2)3)30(42)24(33(35)45)32(44)34(25,46)31(23)43/h4-10,16,18,21,23-26,29,36,39,41,46H,11-15H2,1-3H3,(H2,35,45)/t16-,21+,23?,24?,25+,26-,29-,34-/m1/s1. The van der Waals surface area contributed by atoms with E-state index in [-0.39, 0.29) is 17.4 Å². The van der Waals surface area contributed by atoms with Gasteiger partial charge in [-0.2, -0.15) is 0 Å². The number of hydrogen-bond acceptors (Lipinski definition) is 11. The number of phenols is 1. The number of carbonyl (C=O) groups excluding carboxylic acids is 5. The monoisotopic (exact) mass is 632 g/mol. The summed E-state index contributed by atoms with van der Waals surface area (Å²) in [7, 11) is 2.93. The van der Waals surface area contributed by atoms with Gasteiger partial charge in [0.25, 0.3) is 0 Å². The number of Topliss-reactive ketones (excluding diaryl/α,β-unsaturated/α-hetero) is 4. The van der Waals surface area contributed by atoms with Gasteiger partial charge in [0.2, 0.25) is 5.91 Å². The summed E-state index contributed by atoms with van der Waals surface area (Å²) in [5.74, 6) is -13.3. The molecule has 0 aromatic heterocycles. The summed E-state index contributed by atoms with van der Waals surface area (Å²) in [4.78, 5) is 71.1. The molecule has 3 aliphatic carbocycles. The first-order valence-corrected chi connectivity index (χ1v) is 15.7. The third-order valence-corrected chi connectivity index (χ3v) is 10.7. The van der Waals surface area contributed by atoms with Crippen molar-refractivity contribution in [3.05, 3.63) is 59.2 Å². The fourth-order valence-electron chi connectivity index (χ4n) is 8.40. The van der Waals surface area contributed by atoms with Crippen LogP contribution in [0.5, 0.6) is 5.75 Å². The van der Waals surface area contributed by atoms with Gasteiger partial charge in [-0.15, -0.1) is 0 Å². The molecule has 0 radical (unpaired) electrons. The molecule has 2 aromatic rings. The molecular formula is C34H40N4O8. The smallest absolute Gasteiger partial charge is 0.235 e. The Bertz CT molecular complexity index is 1600. The second-order valence-electron chi connectivity index (χ2n) is 13.5. The van der Waals surface area contributed by atoms with Gasteiger partial charge in [-0.1, -0.05) is 43.3 Å². The first-order valence-electron chi connectivity index (χ1n) is 15.7. The quantitative estimate of drug-likeness (QED) is 0.220. The van der Waals surface area contributed by atoms with Crippen LogP contribution >= 0.6 is 0 Å². The van der Waals surface area contributed by atoms with Gasteiger partial charge in [-0.05, 0) is 50.0 Å². The molecule has 1 heterocycles. The van der Waals surface area contributed by atoms with Crippen molar-refractivity contribution in [2.75, 3.05) is 32.5 Å². The maximum absolute atomic E-state index is 14.2. The van der Waals surface area contributed by atoms with E-state index in [0.29, 0.717) is 11.3 Å². The Hall–Kier alpha value is -3.97. The highest BCUT2D eigenvalue weighted by Crippen LogP contribution is 2.55. The number of likely N-dealkylation sites (N-methyl/N-ethyl adjacent to an activating group) is 1. The van der Waals surface area contributed by atoms with Gasteiger partial charge in [0, 0.05) is 31.6 Å². The average molecular weight is 633 g/mol. The van der Waals surface area contributed by atoms with Crippen LogP contribution in [0.2, 0.25) is 0 Å². The van der Waals surface area contributed by atoms with Crippen molar-refractivity contribution in [2.24, 2.45) is 29.4 Å². The number of ketones is 4. The Balaban J connectivity index is 1.29. The van der Waals surface area contributed by atoms with E-state index in [1.54, 1.807) is 19.1 Å². The first-order chi connectivity index (χ1) is 21.8. The summed E-state index contributed by atoms with van der Waals surface area (Å²) >= 11 is 0. The number of piperidine rings is 1. The van der Waals surface area contributed by atoms with Crippen molar-refractivity contribution in [3.63, 3.8) is 0 Å². The van der Waals surface area contributed by atoms with Gasteiger partial charge in [0.15, 0.2) is 34.7 Å². The van der Waals surface area contributed by atoms with Gasteiger partial charge in [0.1, 0.15) is 5.75 Å². The zero-order valence-corrected chi connectivity index (χ0v) is 26.1. The number of fused-ring (bicyclic) bond motifs is 3. The molecule has 1 saturated heterocycles. The molecule has 1 aliphatic heterocycles. The molecule has 8 atom stereocenters. The van der Waals surface area contributed by atoms with E-state index in [0.717, 1.165) is 32.5 Å². The molecule has 12 heteroatoms. The minimum absolute atomic E-state index is 0.0190. The van der Waals surface area contributed by atoms with E-state index >= 15 is 0 Å². The van der Waals surface area contributed by atoms with Crippen molar-refractivity contribution in [1.29, 1.82) is 0 Å². The average Bonchev–Trinajstić information content (AvgIpc) is 3.01. The van der Waals surface area contributed by atoms with Crippen LogP contribution in [0.4, 0.5) is 5.69 Å². The van der Waals surface area contributed by atoms with Crippen LogP contribution in [0.1, 0.15) is 47.2 Å². The Morgan fingerprint density at radius 2 is 1.70 bits per heavy atom. The van der Waals surface area contributed by atoms with Gasteiger partial charge < -0.3 is 26.4 Å². The number of carbonyl (C=O) groups is 5. The van der Waals surface area contributed by atoms with Crippen molar-refractivity contribution in [1.82, 2.24) is 9.80 Å². The van der Waals surface area contributed by atoms with Crippen LogP contribution in [-0.2, 0) is 25.7 Å². The normalized spacial score (nSPS) is 33.4. The maximum atomic E-state index is 14.2. The number of primary amides is 1. The van der Waals surface area contributed by atoms with Crippen LogP contribution in [0.15, 0.2) is 42.5 Å². The van der Waals surface area contributed by atoms with E-state index in [1.807, 2.05) is 18.2 Å². The summed E-state index contributed by atoms with van der Waals surface area (Å²) in [5.41, 5.74) is 4.21. The number of anilines is 1. The molecule has 4 aliphatic rings. The van der Waals surface area contributed by atoms with E-state index < -0.39 is 76.4 Å². The number of aliphatic hydroxyl groups is 2. The summed E-state index contributed by atoms with van der Waals surface area (Å²) < 4.78 is 0.